The first-order valence-electron chi connectivity index (χ1n) is 6.36. The van der Waals surface area contributed by atoms with Crippen LogP contribution in [0.25, 0.3) is 0 Å². The van der Waals surface area contributed by atoms with Gasteiger partial charge in [-0.3, -0.25) is 4.90 Å². The van der Waals surface area contributed by atoms with Crippen LogP contribution >= 0.6 is 0 Å². The molecule has 1 N–H and O–H groups in total. The predicted octanol–water partition coefficient (Wildman–Crippen LogP) is 2.91. The minimum Gasteiger partial charge on any atom is -0.312 e. The Balaban J connectivity index is 3.91. The maximum absolute atomic E-state index is 3.98. The molecular formula is C14H30N2. The Hall–Kier alpha value is -0.340. The van der Waals surface area contributed by atoms with E-state index in [1.807, 2.05) is 0 Å². The highest BCUT2D eigenvalue weighted by atomic mass is 15.1. The van der Waals surface area contributed by atoms with Crippen molar-refractivity contribution in [2.75, 3.05) is 26.2 Å². The van der Waals surface area contributed by atoms with Crippen LogP contribution in [0.15, 0.2) is 12.2 Å². The number of rotatable bonds is 7. The maximum Gasteiger partial charge on any atom is 0.0187 e. The first kappa shape index (κ1) is 15.7. The van der Waals surface area contributed by atoms with Crippen LogP contribution in [0.3, 0.4) is 0 Å². The number of nitrogens with zero attached hydrogens (tertiary/aromatic N) is 1. The summed E-state index contributed by atoms with van der Waals surface area (Å²) in [5.74, 6) is 0.679. The first-order valence-corrected chi connectivity index (χ1v) is 6.36. The Morgan fingerprint density at radius 3 is 2.31 bits per heavy atom. The van der Waals surface area contributed by atoms with Gasteiger partial charge in [0.2, 0.25) is 0 Å². The fraction of sp³-hybridized carbons (Fsp3) is 0.857. The Kier molecular flexibility index (Phi) is 6.93. The molecule has 0 aliphatic carbocycles. The van der Waals surface area contributed by atoms with Crippen molar-refractivity contribution in [2.45, 2.75) is 47.1 Å². The van der Waals surface area contributed by atoms with E-state index in [1.165, 1.54) is 5.57 Å². The summed E-state index contributed by atoms with van der Waals surface area (Å²) in [5, 5.41) is 3.56. The number of hydrogen-bond acceptors (Lipinski definition) is 2. The fourth-order valence-corrected chi connectivity index (χ4v) is 1.67. The van der Waals surface area contributed by atoms with E-state index in [1.54, 1.807) is 0 Å². The third kappa shape index (κ3) is 8.93. The zero-order valence-corrected chi connectivity index (χ0v) is 12.1. The largest absolute Gasteiger partial charge is 0.312 e. The van der Waals surface area contributed by atoms with Crippen LogP contribution in [0.5, 0.6) is 0 Å². The molecule has 96 valence electrons. The smallest absolute Gasteiger partial charge is 0.0187 e. The Labute approximate surface area is 102 Å². The summed E-state index contributed by atoms with van der Waals surface area (Å²) >= 11 is 0. The first-order chi connectivity index (χ1) is 7.24. The van der Waals surface area contributed by atoms with Gasteiger partial charge in [0.15, 0.2) is 0 Å². The van der Waals surface area contributed by atoms with Gasteiger partial charge in [0, 0.05) is 18.6 Å². The van der Waals surface area contributed by atoms with Gasteiger partial charge in [-0.2, -0.15) is 0 Å². The molecule has 0 aromatic carbocycles. The standard InChI is InChI=1S/C14H30N2/c1-8-16(10-12(2)3)11-13(4)9-15-14(5,6)7/h13,15H,2,8-11H2,1,3-7H3. The van der Waals surface area contributed by atoms with Crippen LogP contribution in [0.1, 0.15) is 41.5 Å². The molecule has 0 aromatic heterocycles. The average Bonchev–Trinajstić information content (AvgIpc) is 2.12. The molecule has 1 unspecified atom stereocenters. The molecule has 0 amide bonds. The molecule has 0 spiro atoms. The summed E-state index contributed by atoms with van der Waals surface area (Å²) in [6.07, 6.45) is 0. The van der Waals surface area contributed by atoms with Gasteiger partial charge in [-0.15, -0.1) is 0 Å². The minimum absolute atomic E-state index is 0.222. The molecular weight excluding hydrogens is 196 g/mol. The predicted molar refractivity (Wildman–Crippen MR) is 73.8 cm³/mol. The summed E-state index contributed by atoms with van der Waals surface area (Å²) in [5.41, 5.74) is 1.47. The van der Waals surface area contributed by atoms with E-state index in [0.717, 1.165) is 26.2 Å². The number of likely N-dealkylation sites (N-methyl/N-ethyl adjacent to an activating group) is 1. The van der Waals surface area contributed by atoms with E-state index in [0.29, 0.717) is 5.92 Å². The number of hydrogen-bond donors (Lipinski definition) is 1. The molecule has 16 heavy (non-hydrogen) atoms. The Morgan fingerprint density at radius 2 is 1.94 bits per heavy atom. The quantitative estimate of drug-likeness (QED) is 0.672. The van der Waals surface area contributed by atoms with Gasteiger partial charge in [0.25, 0.3) is 0 Å². The fourth-order valence-electron chi connectivity index (χ4n) is 1.67. The molecule has 2 nitrogen and oxygen atoms in total. The van der Waals surface area contributed by atoms with Crippen molar-refractivity contribution >= 4 is 0 Å². The Morgan fingerprint density at radius 1 is 1.38 bits per heavy atom. The van der Waals surface area contributed by atoms with E-state index in [2.05, 4.69) is 58.3 Å². The van der Waals surface area contributed by atoms with Crippen molar-refractivity contribution in [1.82, 2.24) is 10.2 Å². The van der Waals surface area contributed by atoms with E-state index < -0.39 is 0 Å². The van der Waals surface area contributed by atoms with Crippen molar-refractivity contribution in [3.8, 4) is 0 Å². The molecule has 0 bridgehead atoms. The van der Waals surface area contributed by atoms with Crippen molar-refractivity contribution in [2.24, 2.45) is 5.92 Å². The average molecular weight is 226 g/mol. The van der Waals surface area contributed by atoms with E-state index >= 15 is 0 Å². The molecule has 0 rings (SSSR count). The van der Waals surface area contributed by atoms with E-state index in [9.17, 15) is 0 Å². The molecule has 0 fully saturated rings. The van der Waals surface area contributed by atoms with Gasteiger partial charge in [-0.05, 0) is 46.7 Å². The van der Waals surface area contributed by atoms with Gasteiger partial charge in [-0.25, -0.2) is 0 Å². The van der Waals surface area contributed by atoms with Crippen LogP contribution in [-0.2, 0) is 0 Å². The van der Waals surface area contributed by atoms with Crippen molar-refractivity contribution in [1.29, 1.82) is 0 Å². The second-order valence-corrected chi connectivity index (χ2v) is 6.02. The van der Waals surface area contributed by atoms with Crippen LogP contribution in [-0.4, -0.2) is 36.6 Å². The molecule has 2 heteroatoms. The summed E-state index contributed by atoms with van der Waals surface area (Å²) in [4.78, 5) is 2.46. The van der Waals surface area contributed by atoms with Crippen LogP contribution in [0.2, 0.25) is 0 Å². The lowest BCUT2D eigenvalue weighted by Crippen LogP contribution is -2.41. The molecule has 0 aliphatic rings. The third-order valence-electron chi connectivity index (χ3n) is 2.49. The van der Waals surface area contributed by atoms with Crippen LogP contribution in [0, 0.1) is 5.92 Å². The van der Waals surface area contributed by atoms with Crippen molar-refractivity contribution < 1.29 is 0 Å². The lowest BCUT2D eigenvalue weighted by atomic mass is 10.1. The van der Waals surface area contributed by atoms with E-state index in [-0.39, 0.29) is 5.54 Å². The second-order valence-electron chi connectivity index (χ2n) is 6.02. The zero-order valence-electron chi connectivity index (χ0n) is 12.1. The van der Waals surface area contributed by atoms with Crippen LogP contribution < -0.4 is 5.32 Å². The summed E-state index contributed by atoms with van der Waals surface area (Å²) in [7, 11) is 0. The zero-order chi connectivity index (χ0) is 12.8. The highest BCUT2D eigenvalue weighted by molar-refractivity contribution is 4.91. The molecule has 0 heterocycles. The summed E-state index contributed by atoms with van der Waals surface area (Å²) < 4.78 is 0. The molecule has 0 aliphatic heterocycles. The minimum atomic E-state index is 0.222. The van der Waals surface area contributed by atoms with Crippen LogP contribution in [0.4, 0.5) is 0 Å². The molecule has 0 radical (unpaired) electrons. The second kappa shape index (κ2) is 7.08. The maximum atomic E-state index is 3.98. The monoisotopic (exact) mass is 226 g/mol. The van der Waals surface area contributed by atoms with Gasteiger partial charge in [0.1, 0.15) is 0 Å². The van der Waals surface area contributed by atoms with Gasteiger partial charge in [0.05, 0.1) is 0 Å². The molecule has 1 atom stereocenters. The highest BCUT2D eigenvalue weighted by Gasteiger charge is 2.13. The van der Waals surface area contributed by atoms with Crippen molar-refractivity contribution in [3.63, 3.8) is 0 Å². The van der Waals surface area contributed by atoms with Crippen molar-refractivity contribution in [3.05, 3.63) is 12.2 Å². The van der Waals surface area contributed by atoms with E-state index in [4.69, 9.17) is 0 Å². The summed E-state index contributed by atoms with van der Waals surface area (Å²) in [6, 6.07) is 0. The summed E-state index contributed by atoms with van der Waals surface area (Å²) in [6.45, 7) is 21.6. The topological polar surface area (TPSA) is 15.3 Å². The lowest BCUT2D eigenvalue weighted by molar-refractivity contribution is 0.253. The molecule has 0 saturated carbocycles. The molecule has 0 saturated heterocycles. The van der Waals surface area contributed by atoms with Gasteiger partial charge < -0.3 is 5.32 Å². The van der Waals surface area contributed by atoms with Gasteiger partial charge >= 0.3 is 0 Å². The SMILES string of the molecule is C=C(C)CN(CC)CC(C)CNC(C)(C)C. The highest BCUT2D eigenvalue weighted by Crippen LogP contribution is 2.05. The number of nitrogens with one attached hydrogen (secondary N) is 1. The normalized spacial score (nSPS) is 14.2. The van der Waals surface area contributed by atoms with Gasteiger partial charge in [-0.1, -0.05) is 26.0 Å². The lowest BCUT2D eigenvalue weighted by Gasteiger charge is -2.27. The Bertz CT molecular complexity index is 203. The third-order valence-corrected chi connectivity index (χ3v) is 2.49. The molecule has 0 aromatic rings.